The van der Waals surface area contributed by atoms with Crippen molar-refractivity contribution in [3.63, 3.8) is 0 Å². The number of carbonyl (C=O) groups is 2. The van der Waals surface area contributed by atoms with Crippen molar-refractivity contribution >= 4 is 11.9 Å². The first-order valence-electron chi connectivity index (χ1n) is 13.3. The molecule has 1 N–H and O–H groups in total. The highest BCUT2D eigenvalue weighted by Crippen LogP contribution is 2.24. The summed E-state index contributed by atoms with van der Waals surface area (Å²) in [5, 5.41) is 9.27. The van der Waals surface area contributed by atoms with Crippen molar-refractivity contribution in [2.24, 2.45) is 0 Å². The molecule has 1 aromatic rings. The highest BCUT2D eigenvalue weighted by atomic mass is 16.6. The number of esters is 1. The lowest BCUT2D eigenvalue weighted by Gasteiger charge is -2.11. The summed E-state index contributed by atoms with van der Waals surface area (Å²) < 4.78 is 15.6. The lowest BCUT2D eigenvalue weighted by molar-refractivity contribution is -0.142. The first-order chi connectivity index (χ1) is 16.6. The van der Waals surface area contributed by atoms with Gasteiger partial charge < -0.3 is 19.3 Å². The number of aromatic carboxylic acids is 1. The van der Waals surface area contributed by atoms with Crippen LogP contribution >= 0.6 is 0 Å². The summed E-state index contributed by atoms with van der Waals surface area (Å²) in [5.41, 5.74) is 0.0596. The number of carboxylic acid groups (broad SMARTS) is 1. The number of carbonyl (C=O) groups excluding carboxylic acids is 1. The maximum atomic E-state index is 11.3. The Morgan fingerprint density at radius 1 is 0.676 bits per heavy atom. The van der Waals surface area contributed by atoms with Gasteiger partial charge in [0.1, 0.15) is 11.5 Å². The van der Waals surface area contributed by atoms with Gasteiger partial charge in [0.05, 0.1) is 19.3 Å². The molecule has 1 rings (SSSR count). The number of ether oxygens (including phenoxy) is 3. The van der Waals surface area contributed by atoms with Gasteiger partial charge in [-0.25, -0.2) is 9.59 Å². The van der Waals surface area contributed by atoms with Crippen LogP contribution in [0.5, 0.6) is 11.5 Å². The second kappa shape index (κ2) is 20.2. The number of unbranched alkanes of at least 4 members (excludes halogenated alkanes) is 15. The van der Waals surface area contributed by atoms with Gasteiger partial charge in [0.25, 0.3) is 0 Å². The fraction of sp³-hybridized carbons (Fsp3) is 0.714. The van der Waals surface area contributed by atoms with Crippen LogP contribution in [0.2, 0.25) is 0 Å². The summed E-state index contributed by atoms with van der Waals surface area (Å²) in [7, 11) is 1.27. The van der Waals surface area contributed by atoms with Gasteiger partial charge in [0.2, 0.25) is 0 Å². The number of benzene rings is 1. The summed E-state index contributed by atoms with van der Waals surface area (Å²) in [6, 6.07) is 4.44. The van der Waals surface area contributed by atoms with Gasteiger partial charge in [0, 0.05) is 6.07 Å². The maximum absolute atomic E-state index is 11.3. The van der Waals surface area contributed by atoms with E-state index in [0.717, 1.165) is 12.8 Å². The third-order valence-corrected chi connectivity index (χ3v) is 5.98. The third kappa shape index (κ3) is 15.6. The molecule has 0 atom stereocenters. The van der Waals surface area contributed by atoms with E-state index in [2.05, 4.69) is 11.7 Å². The molecule has 6 heteroatoms. The van der Waals surface area contributed by atoms with E-state index in [1.165, 1.54) is 109 Å². The fourth-order valence-corrected chi connectivity index (χ4v) is 3.90. The normalized spacial score (nSPS) is 10.8. The van der Waals surface area contributed by atoms with Crippen LogP contribution in [0.1, 0.15) is 120 Å². The Morgan fingerprint density at radius 3 is 1.56 bits per heavy atom. The van der Waals surface area contributed by atoms with Gasteiger partial charge in [-0.3, -0.25) is 0 Å². The highest BCUT2D eigenvalue weighted by molar-refractivity contribution is 5.88. The minimum absolute atomic E-state index is 0.0596. The van der Waals surface area contributed by atoms with E-state index in [9.17, 15) is 14.7 Å². The standard InChI is InChI=1S/C28H46O6/c1-3-4-5-6-7-8-9-10-11-12-13-14-15-16-17-18-19-33-25-20-24(28(30)31)21-26(22-25)34-23-27(29)32-2/h20-22H,3-19,23H2,1-2H3,(H,30,31). The SMILES string of the molecule is CCCCCCCCCCCCCCCCCCOc1cc(OCC(=O)OC)cc(C(=O)O)c1. The summed E-state index contributed by atoms with van der Waals surface area (Å²) in [5.74, 6) is -0.903. The molecule has 34 heavy (non-hydrogen) atoms. The van der Waals surface area contributed by atoms with E-state index in [1.807, 2.05) is 0 Å². The Balaban J connectivity index is 2.06. The average molecular weight is 479 g/mol. The molecule has 0 heterocycles. The Hall–Kier alpha value is -2.24. The first kappa shape index (κ1) is 29.8. The second-order valence-corrected chi connectivity index (χ2v) is 9.01. The number of hydrogen-bond acceptors (Lipinski definition) is 5. The predicted octanol–water partition coefficient (Wildman–Crippen LogP) is 7.58. The zero-order chi connectivity index (χ0) is 24.9. The van der Waals surface area contributed by atoms with Gasteiger partial charge >= 0.3 is 11.9 Å². The smallest absolute Gasteiger partial charge is 0.343 e. The molecule has 0 amide bonds. The zero-order valence-electron chi connectivity index (χ0n) is 21.4. The summed E-state index contributed by atoms with van der Waals surface area (Å²) in [6.07, 6.45) is 21.0. The van der Waals surface area contributed by atoms with Crippen molar-refractivity contribution in [2.75, 3.05) is 20.3 Å². The van der Waals surface area contributed by atoms with E-state index < -0.39 is 11.9 Å². The van der Waals surface area contributed by atoms with Crippen molar-refractivity contribution in [1.29, 1.82) is 0 Å². The van der Waals surface area contributed by atoms with Crippen molar-refractivity contribution in [2.45, 2.75) is 110 Å². The van der Waals surface area contributed by atoms with Gasteiger partial charge in [0.15, 0.2) is 6.61 Å². The van der Waals surface area contributed by atoms with E-state index in [4.69, 9.17) is 9.47 Å². The van der Waals surface area contributed by atoms with Gasteiger partial charge in [-0.15, -0.1) is 0 Å². The van der Waals surface area contributed by atoms with E-state index >= 15 is 0 Å². The van der Waals surface area contributed by atoms with Crippen molar-refractivity contribution in [1.82, 2.24) is 0 Å². The minimum Gasteiger partial charge on any atom is -0.493 e. The Morgan fingerprint density at radius 2 is 1.12 bits per heavy atom. The summed E-state index contributed by atoms with van der Waals surface area (Å²) >= 11 is 0. The topological polar surface area (TPSA) is 82.1 Å². The molecule has 0 aliphatic carbocycles. The predicted molar refractivity (Wildman–Crippen MR) is 136 cm³/mol. The molecular weight excluding hydrogens is 432 g/mol. The molecule has 0 saturated heterocycles. The largest absolute Gasteiger partial charge is 0.493 e. The van der Waals surface area contributed by atoms with Crippen LogP contribution < -0.4 is 9.47 Å². The monoisotopic (exact) mass is 478 g/mol. The van der Waals surface area contributed by atoms with E-state index in [1.54, 1.807) is 6.07 Å². The van der Waals surface area contributed by atoms with Crippen molar-refractivity contribution in [3.05, 3.63) is 23.8 Å². The molecule has 0 unspecified atom stereocenters. The molecule has 0 aromatic heterocycles. The molecular formula is C28H46O6. The van der Waals surface area contributed by atoms with Crippen LogP contribution in [-0.2, 0) is 9.53 Å². The van der Waals surface area contributed by atoms with Crippen molar-refractivity contribution in [3.8, 4) is 11.5 Å². The van der Waals surface area contributed by atoms with Gasteiger partial charge in [-0.2, -0.15) is 0 Å². The fourth-order valence-electron chi connectivity index (χ4n) is 3.90. The number of rotatable bonds is 22. The molecule has 0 spiro atoms. The Bertz CT molecular complexity index is 673. The van der Waals surface area contributed by atoms with Crippen LogP contribution in [0.15, 0.2) is 18.2 Å². The molecule has 0 fully saturated rings. The van der Waals surface area contributed by atoms with Crippen LogP contribution in [0.25, 0.3) is 0 Å². The van der Waals surface area contributed by atoms with Crippen LogP contribution in [0.4, 0.5) is 0 Å². The van der Waals surface area contributed by atoms with E-state index in [-0.39, 0.29) is 17.9 Å². The number of carboxylic acids is 1. The Kier molecular flexibility index (Phi) is 17.7. The molecule has 0 aliphatic heterocycles. The van der Waals surface area contributed by atoms with Crippen molar-refractivity contribution < 1.29 is 28.9 Å². The molecule has 6 nitrogen and oxygen atoms in total. The quantitative estimate of drug-likeness (QED) is 0.137. The average Bonchev–Trinajstić information content (AvgIpc) is 2.84. The Labute approximate surface area is 206 Å². The number of methoxy groups -OCH3 is 1. The number of hydrogen-bond donors (Lipinski definition) is 1. The summed E-state index contributed by atoms with van der Waals surface area (Å²) in [4.78, 5) is 22.6. The highest BCUT2D eigenvalue weighted by Gasteiger charge is 2.10. The summed E-state index contributed by atoms with van der Waals surface area (Å²) in [6.45, 7) is 2.51. The van der Waals surface area contributed by atoms with Gasteiger partial charge in [-0.1, -0.05) is 103 Å². The second-order valence-electron chi connectivity index (χ2n) is 9.01. The molecule has 0 aliphatic rings. The van der Waals surface area contributed by atoms with Crippen LogP contribution in [0, 0.1) is 0 Å². The van der Waals surface area contributed by atoms with Crippen LogP contribution in [-0.4, -0.2) is 37.4 Å². The molecule has 0 bridgehead atoms. The lowest BCUT2D eigenvalue weighted by Crippen LogP contribution is -2.13. The molecule has 1 aromatic carbocycles. The minimum atomic E-state index is -1.07. The third-order valence-electron chi connectivity index (χ3n) is 5.98. The maximum Gasteiger partial charge on any atom is 0.343 e. The molecule has 0 radical (unpaired) electrons. The zero-order valence-corrected chi connectivity index (χ0v) is 21.4. The van der Waals surface area contributed by atoms with Gasteiger partial charge in [-0.05, 0) is 18.6 Å². The lowest BCUT2D eigenvalue weighted by atomic mass is 10.0. The van der Waals surface area contributed by atoms with Crippen LogP contribution in [0.3, 0.4) is 0 Å². The van der Waals surface area contributed by atoms with E-state index in [0.29, 0.717) is 12.4 Å². The molecule has 0 saturated carbocycles. The first-order valence-corrected chi connectivity index (χ1v) is 13.3. The molecule has 194 valence electrons.